The van der Waals surface area contributed by atoms with Crippen molar-refractivity contribution in [3.8, 4) is 0 Å². The normalized spacial score (nSPS) is 11.1. The first-order valence-electron chi connectivity index (χ1n) is 6.59. The second-order valence-electron chi connectivity index (χ2n) is 4.41. The van der Waals surface area contributed by atoms with Crippen molar-refractivity contribution < 1.29 is 0 Å². The Hall–Kier alpha value is -1.63. The smallest absolute Gasteiger partial charge is 0.181 e. The van der Waals surface area contributed by atoms with E-state index >= 15 is 0 Å². The van der Waals surface area contributed by atoms with Gasteiger partial charge in [-0.25, -0.2) is 15.0 Å². The molecular formula is C14H14ClN5S. The fourth-order valence-electron chi connectivity index (χ4n) is 1.97. The number of aromatic nitrogens is 4. The number of halogens is 1. The molecule has 0 aliphatic rings. The van der Waals surface area contributed by atoms with E-state index in [1.165, 1.54) is 6.33 Å². The molecule has 108 valence electrons. The fourth-order valence-corrected chi connectivity index (χ4v) is 3.12. The number of benzene rings is 1. The lowest BCUT2D eigenvalue weighted by Gasteiger charge is -2.10. The molecule has 0 fully saturated rings. The van der Waals surface area contributed by atoms with Crippen LogP contribution in [0.2, 0.25) is 5.02 Å². The van der Waals surface area contributed by atoms with Crippen LogP contribution < -0.4 is 5.32 Å². The summed E-state index contributed by atoms with van der Waals surface area (Å²) in [6.07, 6.45) is 3.16. The maximum atomic E-state index is 6.10. The molecule has 0 unspecified atom stereocenters. The first-order valence-corrected chi connectivity index (χ1v) is 7.78. The molecule has 5 nitrogen and oxygen atoms in total. The van der Waals surface area contributed by atoms with Crippen LogP contribution in [0.5, 0.6) is 0 Å². The molecular weight excluding hydrogens is 306 g/mol. The minimum atomic E-state index is 0.676. The van der Waals surface area contributed by atoms with Gasteiger partial charge in [0.15, 0.2) is 5.65 Å². The molecule has 0 saturated carbocycles. The fraction of sp³-hybridized carbons (Fsp3) is 0.214. The quantitative estimate of drug-likeness (QED) is 0.707. The summed E-state index contributed by atoms with van der Waals surface area (Å²) in [7, 11) is 0. The van der Waals surface area contributed by atoms with Gasteiger partial charge in [0.1, 0.15) is 16.9 Å². The lowest BCUT2D eigenvalue weighted by atomic mass is 10.2. The number of hydrogen-bond donors (Lipinski definition) is 2. The maximum absolute atomic E-state index is 6.10. The van der Waals surface area contributed by atoms with Crippen molar-refractivity contribution in [2.45, 2.75) is 23.4 Å². The molecule has 0 atom stereocenters. The summed E-state index contributed by atoms with van der Waals surface area (Å²) in [5.74, 6) is 0. The van der Waals surface area contributed by atoms with Gasteiger partial charge in [-0.05, 0) is 30.3 Å². The average Bonchev–Trinajstić information content (AvgIpc) is 2.97. The highest BCUT2D eigenvalue weighted by atomic mass is 35.5. The molecule has 2 N–H and O–H groups in total. The van der Waals surface area contributed by atoms with Gasteiger partial charge in [0.05, 0.1) is 6.33 Å². The van der Waals surface area contributed by atoms with Gasteiger partial charge in [0.2, 0.25) is 0 Å². The SMILES string of the molecule is CCNCc1cc(Cl)ccc1Sc1ncnc2nc[nH]c12. The Balaban J connectivity index is 1.95. The molecule has 3 aromatic rings. The van der Waals surface area contributed by atoms with Crippen molar-refractivity contribution in [1.82, 2.24) is 25.3 Å². The van der Waals surface area contributed by atoms with Gasteiger partial charge in [0, 0.05) is 16.5 Å². The summed E-state index contributed by atoms with van der Waals surface area (Å²) in [6, 6.07) is 5.90. The van der Waals surface area contributed by atoms with Crippen LogP contribution in [0.3, 0.4) is 0 Å². The number of imidazole rings is 1. The molecule has 0 amide bonds. The minimum absolute atomic E-state index is 0.676. The zero-order valence-electron chi connectivity index (χ0n) is 11.4. The molecule has 0 aliphatic heterocycles. The number of nitrogens with one attached hydrogen (secondary N) is 2. The van der Waals surface area contributed by atoms with Gasteiger partial charge in [0.25, 0.3) is 0 Å². The van der Waals surface area contributed by atoms with Crippen LogP contribution in [0.4, 0.5) is 0 Å². The number of rotatable bonds is 5. The molecule has 3 rings (SSSR count). The maximum Gasteiger partial charge on any atom is 0.181 e. The summed E-state index contributed by atoms with van der Waals surface area (Å²) < 4.78 is 0. The van der Waals surface area contributed by atoms with Crippen LogP contribution >= 0.6 is 23.4 Å². The van der Waals surface area contributed by atoms with E-state index in [1.54, 1.807) is 18.1 Å². The summed E-state index contributed by atoms with van der Waals surface area (Å²) in [5, 5.41) is 4.92. The lowest BCUT2D eigenvalue weighted by molar-refractivity contribution is 0.718. The zero-order chi connectivity index (χ0) is 14.7. The Morgan fingerprint density at radius 2 is 2.19 bits per heavy atom. The van der Waals surface area contributed by atoms with Crippen molar-refractivity contribution in [3.63, 3.8) is 0 Å². The monoisotopic (exact) mass is 319 g/mol. The van der Waals surface area contributed by atoms with Crippen molar-refractivity contribution in [2.24, 2.45) is 0 Å². The van der Waals surface area contributed by atoms with E-state index in [2.05, 4.69) is 32.2 Å². The van der Waals surface area contributed by atoms with Crippen LogP contribution in [0.1, 0.15) is 12.5 Å². The summed E-state index contributed by atoms with van der Waals surface area (Å²) in [5.41, 5.74) is 2.68. The van der Waals surface area contributed by atoms with Crippen molar-refractivity contribution in [3.05, 3.63) is 41.4 Å². The number of hydrogen-bond acceptors (Lipinski definition) is 5. The number of aromatic amines is 1. The second-order valence-corrected chi connectivity index (χ2v) is 5.88. The van der Waals surface area contributed by atoms with Crippen molar-refractivity contribution >= 4 is 34.5 Å². The summed E-state index contributed by atoms with van der Waals surface area (Å²) in [4.78, 5) is 16.8. The van der Waals surface area contributed by atoms with Crippen LogP contribution in [-0.4, -0.2) is 26.5 Å². The highest BCUT2D eigenvalue weighted by molar-refractivity contribution is 7.99. The van der Waals surface area contributed by atoms with E-state index in [0.717, 1.165) is 39.1 Å². The molecule has 2 heterocycles. The van der Waals surface area contributed by atoms with Gasteiger partial charge in [-0.15, -0.1) is 0 Å². The van der Waals surface area contributed by atoms with Crippen molar-refractivity contribution in [1.29, 1.82) is 0 Å². The van der Waals surface area contributed by atoms with E-state index in [0.29, 0.717) is 5.65 Å². The van der Waals surface area contributed by atoms with Gasteiger partial charge < -0.3 is 10.3 Å². The average molecular weight is 320 g/mol. The second kappa shape index (κ2) is 6.43. The first kappa shape index (κ1) is 14.3. The van der Waals surface area contributed by atoms with Crippen LogP contribution in [-0.2, 0) is 6.54 Å². The third-order valence-electron chi connectivity index (χ3n) is 2.98. The highest BCUT2D eigenvalue weighted by Gasteiger charge is 2.11. The predicted octanol–water partition coefficient (Wildman–Crippen LogP) is 3.27. The Bertz CT molecular complexity index is 758. The van der Waals surface area contributed by atoms with Gasteiger partial charge in [-0.1, -0.05) is 30.3 Å². The standard InChI is InChI=1S/C14H14ClN5S/c1-2-16-6-9-5-10(15)3-4-11(9)21-14-12-13(18-7-17-12)19-8-20-14/h3-5,7-8,16H,2,6H2,1H3,(H,17,18,19,20). The van der Waals surface area contributed by atoms with E-state index in [9.17, 15) is 0 Å². The molecule has 1 aromatic carbocycles. The summed E-state index contributed by atoms with van der Waals surface area (Å²) in [6.45, 7) is 3.77. The molecule has 0 aliphatic carbocycles. The van der Waals surface area contributed by atoms with E-state index in [-0.39, 0.29) is 0 Å². The Labute approximate surface area is 131 Å². The largest absolute Gasteiger partial charge is 0.341 e. The van der Waals surface area contributed by atoms with Gasteiger partial charge in [-0.3, -0.25) is 0 Å². The molecule has 0 radical (unpaired) electrons. The molecule has 7 heteroatoms. The van der Waals surface area contributed by atoms with Crippen LogP contribution in [0.25, 0.3) is 11.2 Å². The van der Waals surface area contributed by atoms with E-state index < -0.39 is 0 Å². The molecule has 0 spiro atoms. The van der Waals surface area contributed by atoms with E-state index in [1.807, 2.05) is 18.2 Å². The number of fused-ring (bicyclic) bond motifs is 1. The van der Waals surface area contributed by atoms with Gasteiger partial charge in [-0.2, -0.15) is 0 Å². The van der Waals surface area contributed by atoms with Crippen LogP contribution in [0, 0.1) is 0 Å². The number of nitrogens with zero attached hydrogens (tertiary/aromatic N) is 3. The predicted molar refractivity (Wildman–Crippen MR) is 84.6 cm³/mol. The minimum Gasteiger partial charge on any atom is -0.341 e. The Morgan fingerprint density at radius 3 is 3.05 bits per heavy atom. The molecule has 0 bridgehead atoms. The van der Waals surface area contributed by atoms with Crippen LogP contribution in [0.15, 0.2) is 40.8 Å². The first-order chi connectivity index (χ1) is 10.3. The number of H-pyrrole nitrogens is 1. The topological polar surface area (TPSA) is 66.5 Å². The van der Waals surface area contributed by atoms with Crippen molar-refractivity contribution in [2.75, 3.05) is 6.54 Å². The Morgan fingerprint density at radius 1 is 1.29 bits per heavy atom. The lowest BCUT2D eigenvalue weighted by Crippen LogP contribution is -2.12. The molecule has 0 saturated heterocycles. The highest BCUT2D eigenvalue weighted by Crippen LogP contribution is 2.33. The summed E-state index contributed by atoms with van der Waals surface area (Å²) >= 11 is 7.68. The third-order valence-corrected chi connectivity index (χ3v) is 4.34. The van der Waals surface area contributed by atoms with Gasteiger partial charge >= 0.3 is 0 Å². The Kier molecular flexibility index (Phi) is 4.38. The third kappa shape index (κ3) is 3.18. The van der Waals surface area contributed by atoms with E-state index in [4.69, 9.17) is 11.6 Å². The molecule has 2 aromatic heterocycles. The zero-order valence-corrected chi connectivity index (χ0v) is 13.0. The molecule has 21 heavy (non-hydrogen) atoms.